The van der Waals surface area contributed by atoms with E-state index in [4.69, 9.17) is 4.74 Å². The SMILES string of the molecule is Cc1cccc(N2C(=O)C(=O)/C(=C(/O)c3cccc(OCC(C)C)c3)C2c2cccc(O)c2)c1. The quantitative estimate of drug-likeness (QED) is 0.296. The Morgan fingerprint density at radius 2 is 1.74 bits per heavy atom. The van der Waals surface area contributed by atoms with Crippen molar-refractivity contribution in [3.63, 3.8) is 0 Å². The predicted molar refractivity (Wildman–Crippen MR) is 131 cm³/mol. The number of amides is 1. The third-order valence-corrected chi connectivity index (χ3v) is 5.60. The van der Waals surface area contributed by atoms with E-state index in [-0.39, 0.29) is 17.1 Å². The van der Waals surface area contributed by atoms with Gasteiger partial charge in [0, 0.05) is 11.3 Å². The number of anilines is 1. The lowest BCUT2D eigenvalue weighted by Crippen LogP contribution is -2.29. The number of hydrogen-bond acceptors (Lipinski definition) is 5. The lowest BCUT2D eigenvalue weighted by molar-refractivity contribution is -0.132. The van der Waals surface area contributed by atoms with Crippen molar-refractivity contribution in [2.75, 3.05) is 11.5 Å². The minimum Gasteiger partial charge on any atom is -0.508 e. The average Bonchev–Trinajstić information content (AvgIpc) is 3.08. The molecule has 4 rings (SSSR count). The molecule has 0 aromatic heterocycles. The third-order valence-electron chi connectivity index (χ3n) is 5.60. The van der Waals surface area contributed by atoms with Crippen molar-refractivity contribution in [1.29, 1.82) is 0 Å². The van der Waals surface area contributed by atoms with Gasteiger partial charge in [-0.3, -0.25) is 14.5 Å². The molecule has 0 spiro atoms. The largest absolute Gasteiger partial charge is 0.508 e. The molecule has 174 valence electrons. The van der Waals surface area contributed by atoms with Crippen molar-refractivity contribution in [3.05, 3.63) is 95.1 Å². The summed E-state index contributed by atoms with van der Waals surface area (Å²) in [6.45, 7) is 6.47. The van der Waals surface area contributed by atoms with Gasteiger partial charge in [-0.1, -0.05) is 50.2 Å². The molecule has 0 saturated carbocycles. The Balaban J connectivity index is 1.88. The van der Waals surface area contributed by atoms with Crippen molar-refractivity contribution in [3.8, 4) is 11.5 Å². The number of ketones is 1. The molecule has 1 aliphatic rings. The topological polar surface area (TPSA) is 87.1 Å². The monoisotopic (exact) mass is 457 g/mol. The van der Waals surface area contributed by atoms with E-state index in [1.165, 1.54) is 17.0 Å². The van der Waals surface area contributed by atoms with Crippen LogP contribution in [0.3, 0.4) is 0 Å². The van der Waals surface area contributed by atoms with Crippen LogP contribution in [0.1, 0.15) is 36.6 Å². The highest BCUT2D eigenvalue weighted by molar-refractivity contribution is 6.51. The number of aromatic hydroxyl groups is 1. The van der Waals surface area contributed by atoms with Crippen LogP contribution in [-0.2, 0) is 9.59 Å². The van der Waals surface area contributed by atoms with E-state index in [0.717, 1.165) is 5.56 Å². The molecule has 1 unspecified atom stereocenters. The zero-order chi connectivity index (χ0) is 24.4. The second-order valence-electron chi connectivity index (χ2n) is 8.84. The van der Waals surface area contributed by atoms with E-state index in [1.54, 1.807) is 54.6 Å². The molecule has 34 heavy (non-hydrogen) atoms. The van der Waals surface area contributed by atoms with Crippen LogP contribution in [0.25, 0.3) is 5.76 Å². The minimum absolute atomic E-state index is 0.00332. The summed E-state index contributed by atoms with van der Waals surface area (Å²) in [7, 11) is 0. The number of aliphatic hydroxyl groups is 1. The highest BCUT2D eigenvalue weighted by Crippen LogP contribution is 2.43. The van der Waals surface area contributed by atoms with Gasteiger partial charge in [0.1, 0.15) is 17.3 Å². The molecule has 2 N–H and O–H groups in total. The molecule has 3 aromatic rings. The van der Waals surface area contributed by atoms with Gasteiger partial charge >= 0.3 is 0 Å². The van der Waals surface area contributed by atoms with Crippen LogP contribution >= 0.6 is 0 Å². The number of nitrogens with zero attached hydrogens (tertiary/aromatic N) is 1. The molecular formula is C28H27NO5. The Morgan fingerprint density at radius 1 is 1.00 bits per heavy atom. The number of aliphatic hydroxyl groups excluding tert-OH is 1. The lowest BCUT2D eigenvalue weighted by Gasteiger charge is -2.26. The number of carbonyl (C=O) groups excluding carboxylic acids is 2. The molecule has 1 heterocycles. The van der Waals surface area contributed by atoms with Gasteiger partial charge in [-0.2, -0.15) is 0 Å². The van der Waals surface area contributed by atoms with Gasteiger partial charge in [-0.05, 0) is 60.4 Å². The Kier molecular flexibility index (Phi) is 6.41. The maximum Gasteiger partial charge on any atom is 0.300 e. The van der Waals surface area contributed by atoms with E-state index in [2.05, 4.69) is 0 Å². The second kappa shape index (κ2) is 9.43. The van der Waals surface area contributed by atoms with Crippen LogP contribution in [0.4, 0.5) is 5.69 Å². The number of Topliss-reactive ketones (excluding diaryl/α,β-unsaturated/α-hetero) is 1. The number of ether oxygens (including phenoxy) is 1. The number of phenolic OH excluding ortho intramolecular Hbond substituents is 1. The van der Waals surface area contributed by atoms with Crippen molar-refractivity contribution in [1.82, 2.24) is 0 Å². The van der Waals surface area contributed by atoms with Gasteiger partial charge in [0.25, 0.3) is 11.7 Å². The molecule has 3 aromatic carbocycles. The Bertz CT molecular complexity index is 1280. The normalized spacial score (nSPS) is 17.4. The molecular weight excluding hydrogens is 430 g/mol. The zero-order valence-corrected chi connectivity index (χ0v) is 19.4. The van der Waals surface area contributed by atoms with Crippen molar-refractivity contribution < 1.29 is 24.5 Å². The van der Waals surface area contributed by atoms with Gasteiger partial charge < -0.3 is 14.9 Å². The highest BCUT2D eigenvalue weighted by atomic mass is 16.5. The number of rotatable bonds is 6. The van der Waals surface area contributed by atoms with Crippen molar-refractivity contribution in [2.45, 2.75) is 26.8 Å². The van der Waals surface area contributed by atoms with E-state index in [9.17, 15) is 19.8 Å². The van der Waals surface area contributed by atoms with Gasteiger partial charge in [-0.25, -0.2) is 0 Å². The molecule has 6 heteroatoms. The number of phenols is 1. The molecule has 1 fully saturated rings. The summed E-state index contributed by atoms with van der Waals surface area (Å²) in [5.41, 5.74) is 2.29. The van der Waals surface area contributed by atoms with E-state index < -0.39 is 17.7 Å². The smallest absolute Gasteiger partial charge is 0.300 e. The fraction of sp³-hybridized carbons (Fsp3) is 0.214. The number of aryl methyl sites for hydroxylation is 1. The zero-order valence-electron chi connectivity index (χ0n) is 19.4. The third kappa shape index (κ3) is 4.53. The number of carbonyl (C=O) groups is 2. The fourth-order valence-corrected chi connectivity index (χ4v) is 4.04. The fourth-order valence-electron chi connectivity index (χ4n) is 4.04. The summed E-state index contributed by atoms with van der Waals surface area (Å²) in [4.78, 5) is 27.8. The summed E-state index contributed by atoms with van der Waals surface area (Å²) in [5, 5.41) is 21.4. The molecule has 1 amide bonds. The summed E-state index contributed by atoms with van der Waals surface area (Å²) < 4.78 is 5.77. The van der Waals surface area contributed by atoms with Crippen LogP contribution in [0, 0.1) is 12.8 Å². The molecule has 1 saturated heterocycles. The molecule has 0 aliphatic carbocycles. The first kappa shape index (κ1) is 23.1. The minimum atomic E-state index is -0.908. The Labute approximate surface area is 198 Å². The highest BCUT2D eigenvalue weighted by Gasteiger charge is 2.47. The van der Waals surface area contributed by atoms with E-state index in [0.29, 0.717) is 35.1 Å². The van der Waals surface area contributed by atoms with Crippen LogP contribution in [0.15, 0.2) is 78.4 Å². The van der Waals surface area contributed by atoms with Crippen LogP contribution < -0.4 is 9.64 Å². The lowest BCUT2D eigenvalue weighted by atomic mass is 9.95. The Morgan fingerprint density at radius 3 is 2.44 bits per heavy atom. The Hall–Kier alpha value is -4.06. The maximum atomic E-state index is 13.3. The second-order valence-corrected chi connectivity index (χ2v) is 8.84. The molecule has 6 nitrogen and oxygen atoms in total. The molecule has 0 radical (unpaired) electrons. The van der Waals surface area contributed by atoms with Crippen LogP contribution in [0.5, 0.6) is 11.5 Å². The number of benzene rings is 3. The van der Waals surface area contributed by atoms with E-state index in [1.807, 2.05) is 26.8 Å². The van der Waals surface area contributed by atoms with Crippen molar-refractivity contribution in [2.24, 2.45) is 5.92 Å². The molecule has 0 bridgehead atoms. The first-order valence-electron chi connectivity index (χ1n) is 11.2. The first-order valence-corrected chi connectivity index (χ1v) is 11.2. The van der Waals surface area contributed by atoms with Crippen molar-refractivity contribution >= 4 is 23.1 Å². The van der Waals surface area contributed by atoms with Crippen LogP contribution in [0.2, 0.25) is 0 Å². The summed E-state index contributed by atoms with van der Waals surface area (Å²) >= 11 is 0. The van der Waals surface area contributed by atoms with Gasteiger partial charge in [-0.15, -0.1) is 0 Å². The average molecular weight is 458 g/mol. The first-order chi connectivity index (χ1) is 16.3. The van der Waals surface area contributed by atoms with Gasteiger partial charge in [0.2, 0.25) is 0 Å². The standard InChI is InChI=1S/C28H27NO5/c1-17(2)16-34-23-12-6-9-20(15-23)26(31)24-25(19-8-5-11-22(30)14-19)29(28(33)27(24)32)21-10-4-7-18(3)13-21/h4-15,17,25,30-31H,16H2,1-3H3/b26-24+. The van der Waals surface area contributed by atoms with Gasteiger partial charge in [0.15, 0.2) is 0 Å². The summed E-state index contributed by atoms with van der Waals surface area (Å²) in [6, 6.07) is 19.5. The summed E-state index contributed by atoms with van der Waals surface area (Å²) in [6.07, 6.45) is 0. The molecule has 1 atom stereocenters. The number of hydrogen-bond donors (Lipinski definition) is 2. The van der Waals surface area contributed by atoms with Crippen LogP contribution in [-0.4, -0.2) is 28.5 Å². The molecule has 1 aliphatic heterocycles. The summed E-state index contributed by atoms with van der Waals surface area (Å²) in [5.74, 6) is -0.955. The van der Waals surface area contributed by atoms with E-state index >= 15 is 0 Å². The predicted octanol–water partition coefficient (Wildman–Crippen LogP) is 5.36. The maximum absolute atomic E-state index is 13.3. The van der Waals surface area contributed by atoms with Gasteiger partial charge in [0.05, 0.1) is 18.2 Å².